The van der Waals surface area contributed by atoms with E-state index in [2.05, 4.69) is 25.7 Å². The molecule has 0 rings (SSSR count). The second-order valence-electron chi connectivity index (χ2n) is 3.43. The van der Waals surface area contributed by atoms with Gasteiger partial charge in [-0.25, -0.2) is 0 Å². The Morgan fingerprint density at radius 3 is 2.75 bits per heavy atom. The van der Waals surface area contributed by atoms with Gasteiger partial charge in [0.1, 0.15) is 0 Å². The lowest BCUT2D eigenvalue weighted by Crippen LogP contribution is -2.26. The summed E-state index contributed by atoms with van der Waals surface area (Å²) in [6.45, 7) is 9.34. The minimum atomic E-state index is 0.690. The number of unbranched alkanes of at least 4 members (excludes halogenated alkanes) is 2. The van der Waals surface area contributed by atoms with Crippen LogP contribution in [0.1, 0.15) is 46.0 Å². The van der Waals surface area contributed by atoms with Crippen molar-refractivity contribution in [1.82, 2.24) is 5.32 Å². The Morgan fingerprint density at radius 2 is 2.17 bits per heavy atom. The van der Waals surface area contributed by atoms with Gasteiger partial charge < -0.3 is 5.32 Å². The van der Waals surface area contributed by atoms with Crippen LogP contribution in [0.3, 0.4) is 0 Å². The Morgan fingerprint density at radius 1 is 1.42 bits per heavy atom. The smallest absolute Gasteiger partial charge is 0.00387 e. The van der Waals surface area contributed by atoms with Crippen LogP contribution in [0.5, 0.6) is 0 Å². The third-order valence-electron chi connectivity index (χ3n) is 2.07. The van der Waals surface area contributed by atoms with Crippen molar-refractivity contribution in [2.45, 2.75) is 52.0 Å². The highest BCUT2D eigenvalue weighted by atomic mass is 14.9. The van der Waals surface area contributed by atoms with Gasteiger partial charge in [0.05, 0.1) is 0 Å². The van der Waals surface area contributed by atoms with Crippen LogP contribution >= 0.6 is 0 Å². The molecule has 0 fully saturated rings. The fourth-order valence-corrected chi connectivity index (χ4v) is 1.21. The summed E-state index contributed by atoms with van der Waals surface area (Å²) in [6.07, 6.45) is 8.30. The van der Waals surface area contributed by atoms with E-state index in [1.807, 2.05) is 6.08 Å². The number of hydrogen-bond donors (Lipinski definition) is 1. The first kappa shape index (κ1) is 11.7. The molecule has 12 heavy (non-hydrogen) atoms. The van der Waals surface area contributed by atoms with Gasteiger partial charge in [0, 0.05) is 6.04 Å². The highest BCUT2D eigenvalue weighted by molar-refractivity contribution is 4.67. The predicted octanol–water partition coefficient (Wildman–Crippen LogP) is 3.12. The van der Waals surface area contributed by atoms with Gasteiger partial charge in [-0.05, 0) is 32.7 Å². The zero-order chi connectivity index (χ0) is 9.23. The average Bonchev–Trinajstić information content (AvgIpc) is 2.09. The van der Waals surface area contributed by atoms with E-state index < -0.39 is 0 Å². The lowest BCUT2D eigenvalue weighted by Gasteiger charge is -2.12. The molecule has 0 aliphatic carbocycles. The number of hydrogen-bond acceptors (Lipinski definition) is 1. The van der Waals surface area contributed by atoms with Crippen molar-refractivity contribution in [3.63, 3.8) is 0 Å². The molecule has 0 aliphatic heterocycles. The maximum absolute atomic E-state index is 3.70. The molecule has 1 nitrogen and oxygen atoms in total. The van der Waals surface area contributed by atoms with Crippen molar-refractivity contribution >= 4 is 0 Å². The normalized spacial score (nSPS) is 12.8. The van der Waals surface area contributed by atoms with Crippen LogP contribution in [0.15, 0.2) is 12.7 Å². The van der Waals surface area contributed by atoms with Crippen LogP contribution in [0.25, 0.3) is 0 Å². The van der Waals surface area contributed by atoms with E-state index in [1.54, 1.807) is 0 Å². The second kappa shape index (κ2) is 8.79. The van der Waals surface area contributed by atoms with E-state index in [9.17, 15) is 0 Å². The Bertz CT molecular complexity index is 99.2. The molecule has 0 aromatic heterocycles. The first-order valence-corrected chi connectivity index (χ1v) is 5.15. The molecule has 0 saturated carbocycles. The Labute approximate surface area is 77.2 Å². The molecule has 0 heterocycles. The third-order valence-corrected chi connectivity index (χ3v) is 2.07. The topological polar surface area (TPSA) is 12.0 Å². The van der Waals surface area contributed by atoms with E-state index in [4.69, 9.17) is 0 Å². The molecular formula is C11H23N. The summed E-state index contributed by atoms with van der Waals surface area (Å²) < 4.78 is 0. The Hall–Kier alpha value is -0.300. The van der Waals surface area contributed by atoms with Gasteiger partial charge in [-0.2, -0.15) is 0 Å². The molecule has 1 N–H and O–H groups in total. The van der Waals surface area contributed by atoms with Gasteiger partial charge >= 0.3 is 0 Å². The number of rotatable bonds is 8. The van der Waals surface area contributed by atoms with Gasteiger partial charge in [0.2, 0.25) is 0 Å². The van der Waals surface area contributed by atoms with E-state index in [0.717, 1.165) is 13.0 Å². The van der Waals surface area contributed by atoms with Crippen LogP contribution in [0.4, 0.5) is 0 Å². The zero-order valence-corrected chi connectivity index (χ0v) is 8.60. The maximum atomic E-state index is 3.70. The lowest BCUT2D eigenvalue weighted by atomic mass is 10.1. The molecule has 0 radical (unpaired) electrons. The quantitative estimate of drug-likeness (QED) is 0.435. The Kier molecular flexibility index (Phi) is 8.57. The summed E-state index contributed by atoms with van der Waals surface area (Å²) in [4.78, 5) is 0. The molecule has 1 heteroatoms. The monoisotopic (exact) mass is 169 g/mol. The van der Waals surface area contributed by atoms with Crippen molar-refractivity contribution in [2.24, 2.45) is 0 Å². The maximum Gasteiger partial charge on any atom is 0.00387 e. The van der Waals surface area contributed by atoms with Crippen LogP contribution in [-0.2, 0) is 0 Å². The molecular weight excluding hydrogens is 146 g/mol. The van der Waals surface area contributed by atoms with Crippen molar-refractivity contribution in [3.8, 4) is 0 Å². The molecule has 0 aliphatic rings. The molecule has 0 aromatic carbocycles. The van der Waals surface area contributed by atoms with E-state index in [0.29, 0.717) is 6.04 Å². The highest BCUT2D eigenvalue weighted by Crippen LogP contribution is 1.99. The van der Waals surface area contributed by atoms with Crippen molar-refractivity contribution in [3.05, 3.63) is 12.7 Å². The standard InChI is InChI=1S/C11H23N/c1-4-6-8-10-12-11(3)9-7-5-2/h4,11-12H,1,5-10H2,2-3H3. The average molecular weight is 169 g/mol. The van der Waals surface area contributed by atoms with E-state index in [1.165, 1.54) is 25.7 Å². The summed E-state index contributed by atoms with van der Waals surface area (Å²) in [6, 6.07) is 0.690. The number of allylic oxidation sites excluding steroid dienone is 1. The summed E-state index contributed by atoms with van der Waals surface area (Å²) in [5.74, 6) is 0. The molecule has 0 saturated heterocycles. The molecule has 0 spiro atoms. The Balaban J connectivity index is 3.07. The molecule has 0 aromatic rings. The van der Waals surface area contributed by atoms with E-state index in [-0.39, 0.29) is 0 Å². The summed E-state index contributed by atoms with van der Waals surface area (Å²) in [5, 5.41) is 3.50. The predicted molar refractivity (Wildman–Crippen MR) is 56.4 cm³/mol. The summed E-state index contributed by atoms with van der Waals surface area (Å²) in [5.41, 5.74) is 0. The molecule has 1 atom stereocenters. The van der Waals surface area contributed by atoms with Gasteiger partial charge in [0.15, 0.2) is 0 Å². The van der Waals surface area contributed by atoms with Crippen molar-refractivity contribution in [1.29, 1.82) is 0 Å². The summed E-state index contributed by atoms with van der Waals surface area (Å²) >= 11 is 0. The van der Waals surface area contributed by atoms with Crippen molar-refractivity contribution < 1.29 is 0 Å². The second-order valence-corrected chi connectivity index (χ2v) is 3.43. The first-order chi connectivity index (χ1) is 5.81. The highest BCUT2D eigenvalue weighted by Gasteiger charge is 1.97. The molecule has 0 bridgehead atoms. The fourth-order valence-electron chi connectivity index (χ4n) is 1.21. The van der Waals surface area contributed by atoms with Gasteiger partial charge in [-0.15, -0.1) is 6.58 Å². The number of nitrogens with one attached hydrogen (secondary N) is 1. The van der Waals surface area contributed by atoms with Crippen LogP contribution in [-0.4, -0.2) is 12.6 Å². The SMILES string of the molecule is C=CCCCNC(C)CCCC. The van der Waals surface area contributed by atoms with Crippen molar-refractivity contribution in [2.75, 3.05) is 6.54 Å². The van der Waals surface area contributed by atoms with E-state index >= 15 is 0 Å². The van der Waals surface area contributed by atoms with Gasteiger partial charge in [-0.1, -0.05) is 25.8 Å². The van der Waals surface area contributed by atoms with Crippen LogP contribution in [0.2, 0.25) is 0 Å². The minimum absolute atomic E-state index is 0.690. The van der Waals surface area contributed by atoms with Gasteiger partial charge in [0.25, 0.3) is 0 Å². The van der Waals surface area contributed by atoms with Crippen LogP contribution in [0, 0.1) is 0 Å². The largest absolute Gasteiger partial charge is 0.314 e. The molecule has 72 valence electrons. The fraction of sp³-hybridized carbons (Fsp3) is 0.818. The zero-order valence-electron chi connectivity index (χ0n) is 8.60. The first-order valence-electron chi connectivity index (χ1n) is 5.15. The summed E-state index contributed by atoms with van der Waals surface area (Å²) in [7, 11) is 0. The van der Waals surface area contributed by atoms with Crippen LogP contribution < -0.4 is 5.32 Å². The minimum Gasteiger partial charge on any atom is -0.314 e. The molecule has 0 amide bonds. The molecule has 1 unspecified atom stereocenters. The third kappa shape index (κ3) is 7.80. The van der Waals surface area contributed by atoms with Gasteiger partial charge in [-0.3, -0.25) is 0 Å². The lowest BCUT2D eigenvalue weighted by molar-refractivity contribution is 0.490.